The average Bonchev–Trinajstić information content (AvgIpc) is 3.31. The van der Waals surface area contributed by atoms with E-state index in [0.717, 1.165) is 57.8 Å². The summed E-state index contributed by atoms with van der Waals surface area (Å²) < 4.78 is 26.9. The lowest BCUT2D eigenvalue weighted by Crippen LogP contribution is -2.70. The Hall–Kier alpha value is -0.320. The van der Waals surface area contributed by atoms with E-state index in [4.69, 9.17) is 38.5 Å². The van der Waals surface area contributed by atoms with Gasteiger partial charge >= 0.3 is 0 Å². The molecule has 8 nitrogen and oxygen atoms in total. The third-order valence-corrected chi connectivity index (χ3v) is 13.6. The van der Waals surface area contributed by atoms with Crippen LogP contribution in [0.25, 0.3) is 0 Å². The zero-order chi connectivity index (χ0) is 28.4. The molecule has 2 unspecified atom stereocenters. The zero-order valence-corrected chi connectivity index (χ0v) is 26.0. The Morgan fingerprint density at radius 2 is 0.976 bits per heavy atom. The van der Waals surface area contributed by atoms with Crippen LogP contribution >= 0.6 is 0 Å². The van der Waals surface area contributed by atoms with Gasteiger partial charge in [-0.3, -0.25) is 0 Å². The molecule has 0 aromatic rings. The molecule has 2 saturated carbocycles. The fourth-order valence-corrected chi connectivity index (χ4v) is 11.1. The van der Waals surface area contributed by atoms with Crippen molar-refractivity contribution in [1.82, 2.24) is 0 Å². The highest BCUT2D eigenvalue weighted by atomic mass is 17.3. The molecule has 0 amide bonds. The van der Waals surface area contributed by atoms with Crippen LogP contribution in [-0.4, -0.2) is 47.6 Å². The Labute approximate surface area is 245 Å². The van der Waals surface area contributed by atoms with Crippen LogP contribution in [0.2, 0.25) is 0 Å². The third kappa shape index (κ3) is 3.93. The van der Waals surface area contributed by atoms with Crippen molar-refractivity contribution in [3.05, 3.63) is 0 Å². The van der Waals surface area contributed by atoms with Gasteiger partial charge in [-0.2, -0.15) is 0 Å². The van der Waals surface area contributed by atoms with E-state index in [9.17, 15) is 0 Å². The van der Waals surface area contributed by atoms with E-state index in [1.165, 1.54) is 12.8 Å². The highest BCUT2D eigenvalue weighted by molar-refractivity contribution is 5.11. The largest absolute Gasteiger partial charge is 0.346 e. The van der Waals surface area contributed by atoms with Gasteiger partial charge in [-0.05, 0) is 107 Å². The molecule has 41 heavy (non-hydrogen) atoms. The van der Waals surface area contributed by atoms with Crippen molar-refractivity contribution in [3.63, 3.8) is 0 Å². The molecule has 8 aliphatic heterocycles. The molecular formula is C33H52O8. The summed E-state index contributed by atoms with van der Waals surface area (Å²) >= 11 is 0. The monoisotopic (exact) mass is 576 g/mol. The van der Waals surface area contributed by atoms with Crippen molar-refractivity contribution in [2.24, 2.45) is 47.3 Å². The lowest BCUT2D eigenvalue weighted by molar-refractivity contribution is -0.571. The fraction of sp³-hybridized carbons (Fsp3) is 1.00. The third-order valence-electron chi connectivity index (χ3n) is 13.6. The summed E-state index contributed by atoms with van der Waals surface area (Å²) in [6.07, 6.45) is 11.2. The van der Waals surface area contributed by atoms with Crippen molar-refractivity contribution >= 4 is 0 Å². The smallest absolute Gasteiger partial charge is 0.201 e. The predicted octanol–water partition coefficient (Wildman–Crippen LogP) is 6.66. The van der Waals surface area contributed by atoms with Crippen molar-refractivity contribution in [2.75, 3.05) is 0 Å². The topological polar surface area (TPSA) is 73.8 Å². The normalized spacial score (nSPS) is 61.0. The predicted molar refractivity (Wildman–Crippen MR) is 148 cm³/mol. The first-order chi connectivity index (χ1) is 19.6. The number of rotatable bonds is 4. The summed E-state index contributed by atoms with van der Waals surface area (Å²) in [5.74, 6) is 2.08. The van der Waals surface area contributed by atoms with E-state index in [1.807, 2.05) is 13.8 Å². The van der Waals surface area contributed by atoms with Gasteiger partial charge in [0.2, 0.25) is 11.6 Å². The Bertz CT molecular complexity index is 947. The van der Waals surface area contributed by atoms with Gasteiger partial charge in [-0.15, -0.1) is 0 Å². The zero-order valence-electron chi connectivity index (χ0n) is 26.0. The molecule has 0 aromatic carbocycles. The van der Waals surface area contributed by atoms with Crippen LogP contribution in [0.5, 0.6) is 0 Å². The second-order valence-corrected chi connectivity index (χ2v) is 15.8. The van der Waals surface area contributed by atoms with Crippen LogP contribution in [0.3, 0.4) is 0 Å². The maximum Gasteiger partial charge on any atom is 0.201 e. The second-order valence-electron chi connectivity index (χ2n) is 15.8. The molecule has 8 heteroatoms. The summed E-state index contributed by atoms with van der Waals surface area (Å²) in [4.78, 5) is 24.7. The summed E-state index contributed by atoms with van der Waals surface area (Å²) in [7, 11) is 0. The minimum Gasteiger partial charge on any atom is -0.346 e. The number of hydrogen-bond acceptors (Lipinski definition) is 8. The Morgan fingerprint density at radius 3 is 1.41 bits per heavy atom. The van der Waals surface area contributed by atoms with E-state index in [2.05, 4.69) is 27.7 Å². The summed E-state index contributed by atoms with van der Waals surface area (Å²) in [6.45, 7) is 13.5. The molecular weight excluding hydrogens is 524 g/mol. The molecule has 0 N–H and O–H groups in total. The molecule has 10 rings (SSSR count). The molecule has 2 spiro atoms. The van der Waals surface area contributed by atoms with Crippen molar-refractivity contribution < 1.29 is 38.5 Å². The van der Waals surface area contributed by atoms with Gasteiger partial charge in [0.1, 0.15) is 0 Å². The number of ether oxygens (including phenoxy) is 4. The lowest BCUT2D eigenvalue weighted by atomic mass is 9.57. The van der Waals surface area contributed by atoms with Gasteiger partial charge in [0.05, 0.1) is 12.2 Å². The maximum atomic E-state index is 6.88. The Balaban J connectivity index is 0.980. The second kappa shape index (κ2) is 9.59. The molecule has 10 fully saturated rings. The van der Waals surface area contributed by atoms with Crippen molar-refractivity contribution in [1.29, 1.82) is 0 Å². The van der Waals surface area contributed by atoms with Crippen LogP contribution in [0, 0.1) is 47.3 Å². The molecule has 232 valence electrons. The molecule has 2 aliphatic carbocycles. The molecule has 16 atom stereocenters. The maximum absolute atomic E-state index is 6.88. The van der Waals surface area contributed by atoms with Crippen LogP contribution in [-0.2, 0) is 38.5 Å². The van der Waals surface area contributed by atoms with Crippen molar-refractivity contribution in [2.45, 2.75) is 160 Å². The summed E-state index contributed by atoms with van der Waals surface area (Å²) in [6, 6.07) is 0. The Kier molecular flexibility index (Phi) is 6.59. The SMILES string of the molecule is C[C@@H]1CC[C@H]2[C@@H](C)C(CCCC3O[C@@H]4O[C@]5(C)CC[C@H]6[C@H](C)CC[C@@H]([C@H]3C)[C@@]46OO5)O[C@@H]3O[C@]4(C)CC[C@@H]1[C@]32OO4. The lowest BCUT2D eigenvalue weighted by Gasteiger charge is -2.61. The summed E-state index contributed by atoms with van der Waals surface area (Å²) in [5, 5.41) is 0. The first-order valence-electron chi connectivity index (χ1n) is 17.0. The highest BCUT2D eigenvalue weighted by Gasteiger charge is 2.70. The fourth-order valence-electron chi connectivity index (χ4n) is 11.1. The molecule has 10 aliphatic rings. The highest BCUT2D eigenvalue weighted by Crippen LogP contribution is 2.62. The number of hydrogen-bond donors (Lipinski definition) is 0. The van der Waals surface area contributed by atoms with E-state index in [1.54, 1.807) is 0 Å². The van der Waals surface area contributed by atoms with Gasteiger partial charge in [0.15, 0.2) is 23.8 Å². The van der Waals surface area contributed by atoms with E-state index >= 15 is 0 Å². The average molecular weight is 577 g/mol. The van der Waals surface area contributed by atoms with Crippen LogP contribution in [0.1, 0.15) is 112 Å². The van der Waals surface area contributed by atoms with Gasteiger partial charge in [0, 0.05) is 24.7 Å². The molecule has 0 radical (unpaired) electrons. The van der Waals surface area contributed by atoms with Crippen molar-refractivity contribution in [3.8, 4) is 0 Å². The molecule has 8 saturated heterocycles. The first-order valence-corrected chi connectivity index (χ1v) is 17.0. The van der Waals surface area contributed by atoms with Gasteiger partial charge in [0.25, 0.3) is 0 Å². The van der Waals surface area contributed by atoms with E-state index < -0.39 is 22.8 Å². The van der Waals surface area contributed by atoms with Gasteiger partial charge in [-0.1, -0.05) is 27.7 Å². The quantitative estimate of drug-likeness (QED) is 0.344. The first kappa shape index (κ1) is 28.2. The minimum absolute atomic E-state index is 0.141. The van der Waals surface area contributed by atoms with Crippen LogP contribution in [0.15, 0.2) is 0 Å². The molecule has 8 heterocycles. The summed E-state index contributed by atoms with van der Waals surface area (Å²) in [5.41, 5.74) is -0.968. The van der Waals surface area contributed by atoms with Crippen LogP contribution in [0.4, 0.5) is 0 Å². The van der Waals surface area contributed by atoms with Gasteiger partial charge in [-0.25, -0.2) is 19.6 Å². The Morgan fingerprint density at radius 1 is 0.537 bits per heavy atom. The standard InChI is InChI=1S/C33H52O8/c1-18-10-12-24-20(3)26(34-28-32(24)22(18)14-16-30(5,36-28)38-40-32)8-7-9-27-21(4)25-13-11-19(2)23-15-17-31(6)37-29(35-27)33(23,25)41-39-31/h18-29H,7-17H2,1-6H3/t18-,19-,20-,21-,22+,23+,24+,25+,26?,27?,28-,29-,30+,31+,32-,33-/m1/s1. The number of fused-ring (bicyclic) bond motifs is 4. The van der Waals surface area contributed by atoms with E-state index in [0.29, 0.717) is 47.3 Å². The van der Waals surface area contributed by atoms with E-state index in [-0.39, 0.29) is 24.8 Å². The minimum atomic E-state index is -0.722. The van der Waals surface area contributed by atoms with Gasteiger partial charge < -0.3 is 18.9 Å². The van der Waals surface area contributed by atoms with Crippen LogP contribution < -0.4 is 0 Å². The molecule has 0 aromatic heterocycles. The molecule has 4 bridgehead atoms.